The van der Waals surface area contributed by atoms with E-state index in [4.69, 9.17) is 4.42 Å². The van der Waals surface area contributed by atoms with Gasteiger partial charge in [0.15, 0.2) is 12.0 Å². The lowest BCUT2D eigenvalue weighted by Crippen LogP contribution is -2.27. The minimum Gasteiger partial charge on any atom is -0.453 e. The van der Waals surface area contributed by atoms with Crippen molar-refractivity contribution < 1.29 is 14.0 Å². The van der Waals surface area contributed by atoms with Crippen molar-refractivity contribution in [2.75, 3.05) is 26.0 Å². The first-order valence-electron chi connectivity index (χ1n) is 6.60. The average molecular weight is 286 g/mol. The molecule has 21 heavy (non-hydrogen) atoms. The molecule has 0 atom stereocenters. The van der Waals surface area contributed by atoms with Gasteiger partial charge in [-0.1, -0.05) is 11.6 Å². The summed E-state index contributed by atoms with van der Waals surface area (Å²) >= 11 is 0. The van der Waals surface area contributed by atoms with Crippen LogP contribution in [-0.2, 0) is 4.79 Å². The number of benzene rings is 1. The molecule has 0 aliphatic rings. The number of carbonyl (C=O) groups is 2. The number of amides is 1. The molecular weight excluding hydrogens is 268 g/mol. The quantitative estimate of drug-likeness (QED) is 0.858. The van der Waals surface area contributed by atoms with E-state index in [0.717, 1.165) is 11.1 Å². The fourth-order valence-corrected chi connectivity index (χ4v) is 2.01. The molecule has 0 radical (unpaired) electrons. The third kappa shape index (κ3) is 3.79. The number of nitrogens with one attached hydrogen (secondary N) is 1. The molecule has 1 N–H and O–H groups in total. The maximum Gasteiger partial charge on any atom is 0.238 e. The number of hydrogen-bond acceptors (Lipinski definition) is 4. The number of anilines is 1. The minimum atomic E-state index is -0.104. The first-order chi connectivity index (χ1) is 9.99. The van der Waals surface area contributed by atoms with Gasteiger partial charge < -0.3 is 14.6 Å². The van der Waals surface area contributed by atoms with E-state index in [0.29, 0.717) is 24.3 Å². The number of nitrogens with zero attached hydrogens (tertiary/aromatic N) is 1. The molecule has 0 aliphatic carbocycles. The lowest BCUT2D eigenvalue weighted by molar-refractivity contribution is -0.116. The molecule has 0 aliphatic heterocycles. The molecule has 0 saturated carbocycles. The fraction of sp³-hybridized carbons (Fsp3) is 0.250. The highest BCUT2D eigenvalue weighted by molar-refractivity contribution is 5.96. The van der Waals surface area contributed by atoms with Gasteiger partial charge in [-0.25, -0.2) is 0 Å². The second kappa shape index (κ2) is 6.37. The Morgan fingerprint density at radius 1 is 1.29 bits per heavy atom. The maximum absolute atomic E-state index is 11.9. The number of aryl methyl sites for hydroxylation is 1. The monoisotopic (exact) mass is 286 g/mol. The molecule has 0 bridgehead atoms. The largest absolute Gasteiger partial charge is 0.453 e. The predicted molar refractivity (Wildman–Crippen MR) is 81.5 cm³/mol. The molecule has 0 fully saturated rings. The number of carbonyl (C=O) groups excluding carboxylic acids is 2. The molecule has 110 valence electrons. The molecule has 5 nitrogen and oxygen atoms in total. The van der Waals surface area contributed by atoms with Crippen LogP contribution < -0.4 is 5.32 Å². The van der Waals surface area contributed by atoms with E-state index in [1.807, 2.05) is 39.2 Å². The van der Waals surface area contributed by atoms with Crippen LogP contribution in [0.5, 0.6) is 0 Å². The standard InChI is InChI=1S/C16H18N2O3/c1-11-4-6-14(17-16(20)9-18(2)3)13(8-11)15-7-5-12(10-19)21-15/h4-8,10H,9H2,1-3H3,(H,17,20). The Morgan fingerprint density at radius 3 is 2.67 bits per heavy atom. The van der Waals surface area contributed by atoms with E-state index >= 15 is 0 Å². The SMILES string of the molecule is Cc1ccc(NC(=O)CN(C)C)c(-c2ccc(C=O)o2)c1. The Morgan fingerprint density at radius 2 is 2.05 bits per heavy atom. The molecule has 1 amide bonds. The van der Waals surface area contributed by atoms with Gasteiger partial charge in [-0.15, -0.1) is 0 Å². The Labute approximate surface area is 123 Å². The number of likely N-dealkylation sites (N-methyl/N-ethyl adjacent to an activating group) is 1. The van der Waals surface area contributed by atoms with Crippen LogP contribution in [0.1, 0.15) is 16.1 Å². The lowest BCUT2D eigenvalue weighted by atomic mass is 10.1. The Bertz CT molecular complexity index is 659. The summed E-state index contributed by atoms with van der Waals surface area (Å²) in [6.45, 7) is 2.25. The molecule has 1 heterocycles. The molecule has 5 heteroatoms. The van der Waals surface area contributed by atoms with Gasteiger partial charge in [-0.05, 0) is 45.3 Å². The molecule has 2 aromatic rings. The zero-order valence-electron chi connectivity index (χ0n) is 12.3. The van der Waals surface area contributed by atoms with Crippen LogP contribution in [-0.4, -0.2) is 37.7 Å². The summed E-state index contributed by atoms with van der Waals surface area (Å²) in [6, 6.07) is 8.99. The van der Waals surface area contributed by atoms with Crippen LogP contribution in [0.15, 0.2) is 34.7 Å². The lowest BCUT2D eigenvalue weighted by Gasteiger charge is -2.13. The number of aldehydes is 1. The third-order valence-corrected chi connectivity index (χ3v) is 2.92. The summed E-state index contributed by atoms with van der Waals surface area (Å²) in [4.78, 5) is 24.4. The van der Waals surface area contributed by atoms with E-state index in [9.17, 15) is 9.59 Å². The van der Waals surface area contributed by atoms with E-state index in [1.54, 1.807) is 17.0 Å². The Hall–Kier alpha value is -2.40. The Balaban J connectivity index is 2.33. The summed E-state index contributed by atoms with van der Waals surface area (Å²) in [6.07, 6.45) is 0.656. The van der Waals surface area contributed by atoms with Crippen LogP contribution >= 0.6 is 0 Å². The zero-order valence-corrected chi connectivity index (χ0v) is 12.3. The minimum absolute atomic E-state index is 0.104. The van der Waals surface area contributed by atoms with Crippen molar-refractivity contribution in [2.45, 2.75) is 6.92 Å². The van der Waals surface area contributed by atoms with Gasteiger partial charge in [0.25, 0.3) is 0 Å². The predicted octanol–water partition coefficient (Wildman–Crippen LogP) is 2.57. The Kier molecular flexibility index (Phi) is 4.55. The van der Waals surface area contributed by atoms with Gasteiger partial charge in [0.05, 0.1) is 12.2 Å². The molecule has 1 aromatic carbocycles. The van der Waals surface area contributed by atoms with Crippen LogP contribution in [0.4, 0.5) is 5.69 Å². The zero-order chi connectivity index (χ0) is 15.4. The van der Waals surface area contributed by atoms with Crippen molar-refractivity contribution in [1.29, 1.82) is 0 Å². The van der Waals surface area contributed by atoms with Crippen LogP contribution in [0.25, 0.3) is 11.3 Å². The number of rotatable bonds is 5. The average Bonchev–Trinajstić information content (AvgIpc) is 2.88. The van der Waals surface area contributed by atoms with E-state index in [-0.39, 0.29) is 11.7 Å². The first-order valence-corrected chi connectivity index (χ1v) is 6.60. The van der Waals surface area contributed by atoms with Crippen LogP contribution in [0.2, 0.25) is 0 Å². The van der Waals surface area contributed by atoms with Crippen molar-refractivity contribution in [1.82, 2.24) is 4.90 Å². The topological polar surface area (TPSA) is 62.6 Å². The summed E-state index contributed by atoms with van der Waals surface area (Å²) < 4.78 is 5.45. The number of hydrogen-bond donors (Lipinski definition) is 1. The van der Waals surface area contributed by atoms with Gasteiger partial charge in [0.2, 0.25) is 5.91 Å². The summed E-state index contributed by atoms with van der Waals surface area (Å²) in [5.41, 5.74) is 2.47. The van der Waals surface area contributed by atoms with Gasteiger partial charge in [-0.2, -0.15) is 0 Å². The van der Waals surface area contributed by atoms with Crippen molar-refractivity contribution >= 4 is 17.9 Å². The van der Waals surface area contributed by atoms with Crippen LogP contribution in [0.3, 0.4) is 0 Å². The van der Waals surface area contributed by atoms with Crippen molar-refractivity contribution in [3.05, 3.63) is 41.7 Å². The van der Waals surface area contributed by atoms with E-state index < -0.39 is 0 Å². The molecule has 0 saturated heterocycles. The highest BCUT2D eigenvalue weighted by Crippen LogP contribution is 2.30. The van der Waals surface area contributed by atoms with Gasteiger partial charge in [0.1, 0.15) is 5.76 Å². The van der Waals surface area contributed by atoms with Gasteiger partial charge >= 0.3 is 0 Å². The maximum atomic E-state index is 11.9. The first kappa shape index (κ1) is 15.0. The molecule has 1 aromatic heterocycles. The van der Waals surface area contributed by atoms with Crippen molar-refractivity contribution in [2.24, 2.45) is 0 Å². The smallest absolute Gasteiger partial charge is 0.238 e. The fourth-order valence-electron chi connectivity index (χ4n) is 2.01. The van der Waals surface area contributed by atoms with Gasteiger partial charge in [-0.3, -0.25) is 9.59 Å². The molecule has 0 spiro atoms. The summed E-state index contributed by atoms with van der Waals surface area (Å²) in [5, 5.41) is 2.87. The second-order valence-corrected chi connectivity index (χ2v) is 5.15. The summed E-state index contributed by atoms with van der Waals surface area (Å²) in [5.74, 6) is 0.713. The van der Waals surface area contributed by atoms with Crippen molar-refractivity contribution in [3.8, 4) is 11.3 Å². The molecule has 0 unspecified atom stereocenters. The van der Waals surface area contributed by atoms with Crippen LogP contribution in [0, 0.1) is 6.92 Å². The molecule has 2 rings (SSSR count). The normalized spacial score (nSPS) is 10.7. The highest BCUT2D eigenvalue weighted by Gasteiger charge is 2.12. The van der Waals surface area contributed by atoms with Gasteiger partial charge in [0, 0.05) is 5.56 Å². The van der Waals surface area contributed by atoms with E-state index in [1.165, 1.54) is 0 Å². The third-order valence-electron chi connectivity index (χ3n) is 2.92. The second-order valence-electron chi connectivity index (χ2n) is 5.15. The molecular formula is C16H18N2O3. The number of furan rings is 1. The summed E-state index contributed by atoms with van der Waals surface area (Å²) in [7, 11) is 3.66. The van der Waals surface area contributed by atoms with E-state index in [2.05, 4.69) is 5.32 Å². The van der Waals surface area contributed by atoms with Crippen molar-refractivity contribution in [3.63, 3.8) is 0 Å². The highest BCUT2D eigenvalue weighted by atomic mass is 16.3.